The fourth-order valence-electron chi connectivity index (χ4n) is 1.51. The maximum Gasteiger partial charge on any atom is 0.261 e. The van der Waals surface area contributed by atoms with Crippen LogP contribution in [-0.4, -0.2) is 8.42 Å². The largest absolute Gasteiger partial charge is 0.280 e. The molecule has 2 rings (SSSR count). The molecule has 0 aliphatic rings. The Labute approximate surface area is 126 Å². The zero-order valence-electron chi connectivity index (χ0n) is 10.3. The molecule has 2 aromatic carbocycles. The Balaban J connectivity index is 2.35. The van der Waals surface area contributed by atoms with Crippen molar-refractivity contribution in [3.8, 4) is 0 Å². The summed E-state index contributed by atoms with van der Waals surface area (Å²) in [6.45, 7) is 1.81. The zero-order valence-corrected chi connectivity index (χ0v) is 12.7. The first kappa shape index (κ1) is 15.1. The maximum atomic E-state index is 13.0. The molecule has 0 saturated carbocycles. The highest BCUT2D eigenvalue weighted by molar-refractivity contribution is 7.92. The van der Waals surface area contributed by atoms with Crippen LogP contribution in [0.15, 0.2) is 41.3 Å². The molecule has 106 valence electrons. The van der Waals surface area contributed by atoms with E-state index in [0.717, 1.165) is 23.8 Å². The van der Waals surface area contributed by atoms with Crippen molar-refractivity contribution in [3.63, 3.8) is 0 Å². The first-order valence-corrected chi connectivity index (χ1v) is 7.77. The normalized spacial score (nSPS) is 11.4. The second-order valence-corrected chi connectivity index (χ2v) is 6.64. The Morgan fingerprint density at radius 1 is 1.05 bits per heavy atom. The first-order valence-electron chi connectivity index (χ1n) is 5.53. The van der Waals surface area contributed by atoms with Crippen LogP contribution < -0.4 is 4.72 Å². The van der Waals surface area contributed by atoms with Crippen molar-refractivity contribution in [2.45, 2.75) is 11.8 Å². The smallest absolute Gasteiger partial charge is 0.261 e. The van der Waals surface area contributed by atoms with Crippen LogP contribution >= 0.6 is 23.2 Å². The highest BCUT2D eigenvalue weighted by Crippen LogP contribution is 2.24. The maximum absolute atomic E-state index is 13.0. The van der Waals surface area contributed by atoms with Gasteiger partial charge in [-0.3, -0.25) is 4.72 Å². The second-order valence-electron chi connectivity index (χ2n) is 4.15. The summed E-state index contributed by atoms with van der Waals surface area (Å²) in [5, 5.41) is 0.192. The summed E-state index contributed by atoms with van der Waals surface area (Å²) in [6, 6.07) is 7.97. The molecule has 0 amide bonds. The molecule has 20 heavy (non-hydrogen) atoms. The lowest BCUT2D eigenvalue weighted by atomic mass is 10.2. The van der Waals surface area contributed by atoms with Crippen LogP contribution in [0.4, 0.5) is 10.1 Å². The van der Waals surface area contributed by atoms with Crippen LogP contribution in [0, 0.1) is 12.7 Å². The van der Waals surface area contributed by atoms with Gasteiger partial charge < -0.3 is 0 Å². The summed E-state index contributed by atoms with van der Waals surface area (Å²) in [6.07, 6.45) is 0. The number of anilines is 1. The Hall–Kier alpha value is -1.30. The molecule has 0 aliphatic heterocycles. The van der Waals surface area contributed by atoms with E-state index in [1.165, 1.54) is 6.07 Å². The Morgan fingerprint density at radius 3 is 2.35 bits per heavy atom. The Morgan fingerprint density at radius 2 is 1.75 bits per heavy atom. The van der Waals surface area contributed by atoms with E-state index in [-0.39, 0.29) is 9.92 Å². The molecule has 7 heteroatoms. The summed E-state index contributed by atoms with van der Waals surface area (Å²) < 4.78 is 39.7. The van der Waals surface area contributed by atoms with Gasteiger partial charge in [0, 0.05) is 5.02 Å². The summed E-state index contributed by atoms with van der Waals surface area (Å²) in [5.41, 5.74) is 1.15. The Kier molecular flexibility index (Phi) is 4.22. The van der Waals surface area contributed by atoms with E-state index in [2.05, 4.69) is 4.72 Å². The van der Waals surface area contributed by atoms with Crippen LogP contribution in [0.25, 0.3) is 0 Å². The molecule has 0 saturated heterocycles. The van der Waals surface area contributed by atoms with Crippen molar-refractivity contribution in [1.82, 2.24) is 0 Å². The van der Waals surface area contributed by atoms with E-state index in [9.17, 15) is 12.8 Å². The van der Waals surface area contributed by atoms with E-state index < -0.39 is 15.8 Å². The van der Waals surface area contributed by atoms with Crippen molar-refractivity contribution in [3.05, 3.63) is 57.8 Å². The van der Waals surface area contributed by atoms with Crippen LogP contribution in [-0.2, 0) is 10.0 Å². The molecule has 1 N–H and O–H groups in total. The molecule has 0 aliphatic carbocycles. The van der Waals surface area contributed by atoms with Crippen molar-refractivity contribution >= 4 is 38.9 Å². The van der Waals surface area contributed by atoms with E-state index >= 15 is 0 Å². The van der Waals surface area contributed by atoms with Gasteiger partial charge in [0.05, 0.1) is 15.6 Å². The van der Waals surface area contributed by atoms with Gasteiger partial charge in [0.2, 0.25) is 0 Å². The lowest BCUT2D eigenvalue weighted by Crippen LogP contribution is -2.13. The number of rotatable bonds is 3. The highest BCUT2D eigenvalue weighted by Gasteiger charge is 2.16. The third kappa shape index (κ3) is 3.23. The zero-order chi connectivity index (χ0) is 14.9. The standard InChI is InChI=1S/C13H10Cl2FNO2S/c1-8-2-3-9(6-11(8)14)17-20(18,19)10-4-5-13(16)12(15)7-10/h2-7,17H,1H3. The van der Waals surface area contributed by atoms with Gasteiger partial charge >= 0.3 is 0 Å². The van der Waals surface area contributed by atoms with Crippen LogP contribution in [0.3, 0.4) is 0 Å². The monoisotopic (exact) mass is 333 g/mol. The average Bonchev–Trinajstić information content (AvgIpc) is 2.37. The summed E-state index contributed by atoms with van der Waals surface area (Å²) in [4.78, 5) is -0.124. The van der Waals surface area contributed by atoms with Gasteiger partial charge in [0.1, 0.15) is 5.82 Å². The van der Waals surface area contributed by atoms with Gasteiger partial charge in [-0.25, -0.2) is 12.8 Å². The van der Waals surface area contributed by atoms with Gasteiger partial charge in [-0.15, -0.1) is 0 Å². The summed E-state index contributed by atoms with van der Waals surface area (Å²) in [5.74, 6) is -0.677. The lowest BCUT2D eigenvalue weighted by molar-refractivity contribution is 0.599. The molecule has 0 radical (unpaired) electrons. The fourth-order valence-corrected chi connectivity index (χ4v) is 3.02. The molecule has 0 heterocycles. The molecule has 2 aromatic rings. The molecule has 0 atom stereocenters. The van der Waals surface area contributed by atoms with Crippen LogP contribution in [0.2, 0.25) is 10.0 Å². The average molecular weight is 334 g/mol. The third-order valence-corrected chi connectivity index (χ3v) is 4.70. The van der Waals surface area contributed by atoms with E-state index in [1.807, 2.05) is 0 Å². The molecule has 0 unspecified atom stereocenters. The molecule has 0 bridgehead atoms. The minimum absolute atomic E-state index is 0.124. The van der Waals surface area contributed by atoms with Gasteiger partial charge in [0.15, 0.2) is 0 Å². The minimum Gasteiger partial charge on any atom is -0.280 e. The number of sulfonamides is 1. The van der Waals surface area contributed by atoms with Gasteiger partial charge in [-0.1, -0.05) is 29.3 Å². The summed E-state index contributed by atoms with van der Waals surface area (Å²) in [7, 11) is -3.84. The quantitative estimate of drug-likeness (QED) is 0.912. The molecular weight excluding hydrogens is 324 g/mol. The number of hydrogen-bond donors (Lipinski definition) is 1. The van der Waals surface area contributed by atoms with E-state index in [0.29, 0.717) is 10.7 Å². The number of hydrogen-bond acceptors (Lipinski definition) is 2. The number of halogens is 3. The van der Waals surface area contributed by atoms with Crippen molar-refractivity contribution in [1.29, 1.82) is 0 Å². The predicted molar refractivity (Wildman–Crippen MR) is 78.4 cm³/mol. The molecule has 0 aromatic heterocycles. The van der Waals surface area contributed by atoms with Crippen LogP contribution in [0.5, 0.6) is 0 Å². The number of aryl methyl sites for hydroxylation is 1. The molecule has 3 nitrogen and oxygen atoms in total. The van der Waals surface area contributed by atoms with Crippen molar-refractivity contribution in [2.24, 2.45) is 0 Å². The van der Waals surface area contributed by atoms with E-state index in [4.69, 9.17) is 23.2 Å². The minimum atomic E-state index is -3.84. The SMILES string of the molecule is Cc1ccc(NS(=O)(=O)c2ccc(F)c(Cl)c2)cc1Cl. The Bertz CT molecular complexity index is 763. The third-order valence-electron chi connectivity index (χ3n) is 2.63. The predicted octanol–water partition coefficient (Wildman–Crippen LogP) is 4.24. The highest BCUT2D eigenvalue weighted by atomic mass is 35.5. The van der Waals surface area contributed by atoms with Crippen molar-refractivity contribution < 1.29 is 12.8 Å². The fraction of sp³-hybridized carbons (Fsp3) is 0.0769. The van der Waals surface area contributed by atoms with Gasteiger partial charge in [0.25, 0.3) is 10.0 Å². The summed E-state index contributed by atoms with van der Waals surface area (Å²) >= 11 is 11.5. The lowest BCUT2D eigenvalue weighted by Gasteiger charge is -2.09. The topological polar surface area (TPSA) is 46.2 Å². The molecule has 0 fully saturated rings. The second kappa shape index (κ2) is 5.60. The van der Waals surface area contributed by atoms with E-state index in [1.54, 1.807) is 19.1 Å². The molecular formula is C13H10Cl2FNO2S. The molecule has 0 spiro atoms. The van der Waals surface area contributed by atoms with Crippen molar-refractivity contribution in [2.75, 3.05) is 4.72 Å². The first-order chi connectivity index (χ1) is 9.29. The number of benzene rings is 2. The van der Waals surface area contributed by atoms with Gasteiger partial charge in [-0.05, 0) is 42.8 Å². The van der Waals surface area contributed by atoms with Crippen LogP contribution in [0.1, 0.15) is 5.56 Å². The number of nitrogens with one attached hydrogen (secondary N) is 1. The van der Waals surface area contributed by atoms with Gasteiger partial charge in [-0.2, -0.15) is 0 Å².